The van der Waals surface area contributed by atoms with Crippen molar-refractivity contribution in [2.24, 2.45) is 13.0 Å². The van der Waals surface area contributed by atoms with Gasteiger partial charge in [-0.2, -0.15) is 5.10 Å². The number of amides is 3. The van der Waals surface area contributed by atoms with E-state index in [-0.39, 0.29) is 22.6 Å². The van der Waals surface area contributed by atoms with Gasteiger partial charge in [-0.3, -0.25) is 24.0 Å². The Hall–Kier alpha value is -3.49. The van der Waals surface area contributed by atoms with Crippen molar-refractivity contribution in [2.75, 3.05) is 11.9 Å². The van der Waals surface area contributed by atoms with Crippen LogP contribution in [0.2, 0.25) is 0 Å². The Morgan fingerprint density at radius 3 is 2.34 bits per heavy atom. The van der Waals surface area contributed by atoms with E-state index in [0.29, 0.717) is 30.3 Å². The van der Waals surface area contributed by atoms with Crippen LogP contribution in [0.5, 0.6) is 0 Å². The SMILES string of the molecule is Cc1nn(C)c(C)c1NC(=O)[C@H](C)OC(=O)c1ccc2c(c1)C(=O)N(CCC(C)C)C2=O. The van der Waals surface area contributed by atoms with Gasteiger partial charge in [0.05, 0.1) is 33.8 Å². The molecule has 1 aromatic heterocycles. The van der Waals surface area contributed by atoms with Gasteiger partial charge in [0.2, 0.25) is 0 Å². The number of fused-ring (bicyclic) bond motifs is 1. The minimum atomic E-state index is -1.07. The fourth-order valence-corrected chi connectivity index (χ4v) is 3.47. The van der Waals surface area contributed by atoms with Crippen molar-refractivity contribution in [1.29, 1.82) is 0 Å². The minimum Gasteiger partial charge on any atom is -0.449 e. The van der Waals surface area contributed by atoms with Crippen molar-refractivity contribution < 1.29 is 23.9 Å². The standard InChI is InChI=1S/C23H28N4O5/c1-12(2)9-10-27-21(29)17-8-7-16(11-18(17)22(27)30)23(31)32-15(5)20(28)24-19-13(3)25-26(6)14(19)4/h7-8,11-12,15H,9-10H2,1-6H3,(H,24,28)/t15-/m0/s1. The van der Waals surface area contributed by atoms with Crippen LogP contribution >= 0.6 is 0 Å². The van der Waals surface area contributed by atoms with Gasteiger partial charge >= 0.3 is 5.97 Å². The third-order valence-corrected chi connectivity index (χ3v) is 5.55. The van der Waals surface area contributed by atoms with Crippen LogP contribution in [0.25, 0.3) is 0 Å². The van der Waals surface area contributed by atoms with Gasteiger partial charge in [0.25, 0.3) is 17.7 Å². The lowest BCUT2D eigenvalue weighted by atomic mass is 10.1. The van der Waals surface area contributed by atoms with Crippen molar-refractivity contribution in [3.05, 3.63) is 46.3 Å². The molecule has 1 aromatic carbocycles. The first kappa shape index (κ1) is 23.2. The van der Waals surface area contributed by atoms with Gasteiger partial charge in [0.1, 0.15) is 0 Å². The summed E-state index contributed by atoms with van der Waals surface area (Å²) in [6.07, 6.45) is -0.377. The molecule has 0 bridgehead atoms. The molecule has 2 aromatic rings. The number of benzene rings is 1. The molecule has 2 heterocycles. The summed E-state index contributed by atoms with van der Waals surface area (Å²) in [6.45, 7) is 9.41. The van der Waals surface area contributed by atoms with E-state index in [1.807, 2.05) is 20.8 Å². The number of hydrogen-bond acceptors (Lipinski definition) is 6. The molecule has 1 N–H and O–H groups in total. The molecule has 9 nitrogen and oxygen atoms in total. The van der Waals surface area contributed by atoms with Gasteiger partial charge in [-0.1, -0.05) is 13.8 Å². The predicted molar refractivity (Wildman–Crippen MR) is 117 cm³/mol. The van der Waals surface area contributed by atoms with Crippen molar-refractivity contribution in [3.8, 4) is 0 Å². The smallest absolute Gasteiger partial charge is 0.338 e. The first-order valence-electron chi connectivity index (χ1n) is 10.5. The fourth-order valence-electron chi connectivity index (χ4n) is 3.47. The Kier molecular flexibility index (Phi) is 6.47. The van der Waals surface area contributed by atoms with Crippen LogP contribution in [-0.4, -0.2) is 51.0 Å². The predicted octanol–water partition coefficient (Wildman–Crippen LogP) is 2.86. The number of aryl methyl sites for hydroxylation is 2. The summed E-state index contributed by atoms with van der Waals surface area (Å²) in [4.78, 5) is 51.5. The van der Waals surface area contributed by atoms with Crippen molar-refractivity contribution in [1.82, 2.24) is 14.7 Å². The molecule has 3 amide bonds. The number of nitrogens with zero attached hydrogens (tertiary/aromatic N) is 3. The lowest BCUT2D eigenvalue weighted by Gasteiger charge is -2.14. The molecule has 0 saturated carbocycles. The number of ether oxygens (including phenoxy) is 1. The highest BCUT2D eigenvalue weighted by Crippen LogP contribution is 2.25. The van der Waals surface area contributed by atoms with Gasteiger partial charge < -0.3 is 10.1 Å². The van der Waals surface area contributed by atoms with E-state index in [2.05, 4.69) is 10.4 Å². The molecule has 170 valence electrons. The number of imide groups is 1. The summed E-state index contributed by atoms with van der Waals surface area (Å²) in [7, 11) is 1.77. The van der Waals surface area contributed by atoms with Crippen LogP contribution in [0.4, 0.5) is 5.69 Å². The maximum Gasteiger partial charge on any atom is 0.338 e. The number of rotatable bonds is 7. The summed E-state index contributed by atoms with van der Waals surface area (Å²) in [6, 6.07) is 4.24. The topological polar surface area (TPSA) is 111 Å². The Bertz CT molecular complexity index is 1100. The van der Waals surface area contributed by atoms with Gasteiger partial charge in [-0.05, 0) is 51.3 Å². The minimum absolute atomic E-state index is 0.101. The second kappa shape index (κ2) is 8.94. The zero-order valence-corrected chi connectivity index (χ0v) is 19.2. The van der Waals surface area contributed by atoms with Crippen molar-refractivity contribution in [3.63, 3.8) is 0 Å². The zero-order chi connectivity index (χ0) is 23.7. The van der Waals surface area contributed by atoms with Gasteiger partial charge in [-0.15, -0.1) is 0 Å². The third kappa shape index (κ3) is 4.42. The monoisotopic (exact) mass is 440 g/mol. The maximum atomic E-state index is 12.7. The Morgan fingerprint density at radius 2 is 1.75 bits per heavy atom. The number of aromatic nitrogens is 2. The molecule has 0 unspecified atom stereocenters. The van der Waals surface area contributed by atoms with Crippen LogP contribution in [0.1, 0.15) is 69.7 Å². The summed E-state index contributed by atoms with van der Waals surface area (Å²) < 4.78 is 6.94. The highest BCUT2D eigenvalue weighted by molar-refractivity contribution is 6.22. The molecule has 0 fully saturated rings. The number of carbonyl (C=O) groups excluding carboxylic acids is 4. The third-order valence-electron chi connectivity index (χ3n) is 5.55. The normalized spacial score (nSPS) is 14.0. The molecule has 0 saturated heterocycles. The first-order chi connectivity index (χ1) is 15.0. The number of carbonyl (C=O) groups is 4. The highest BCUT2D eigenvalue weighted by atomic mass is 16.5. The van der Waals surface area contributed by atoms with E-state index >= 15 is 0 Å². The molecule has 0 spiro atoms. The molecule has 32 heavy (non-hydrogen) atoms. The number of anilines is 1. The molecule has 9 heteroatoms. The van der Waals surface area contributed by atoms with Crippen LogP contribution in [0.15, 0.2) is 18.2 Å². The average molecular weight is 441 g/mol. The van der Waals surface area contributed by atoms with E-state index in [0.717, 1.165) is 5.69 Å². The highest BCUT2D eigenvalue weighted by Gasteiger charge is 2.36. The van der Waals surface area contributed by atoms with E-state index < -0.39 is 23.9 Å². The van der Waals surface area contributed by atoms with E-state index in [1.54, 1.807) is 18.7 Å². The largest absolute Gasteiger partial charge is 0.449 e. The molecular formula is C23H28N4O5. The zero-order valence-electron chi connectivity index (χ0n) is 19.2. The van der Waals surface area contributed by atoms with Crippen molar-refractivity contribution in [2.45, 2.75) is 47.1 Å². The summed E-state index contributed by atoms with van der Waals surface area (Å²) in [5.41, 5.74) is 2.54. The Balaban J connectivity index is 1.69. The number of nitrogens with one attached hydrogen (secondary N) is 1. The maximum absolute atomic E-state index is 12.7. The average Bonchev–Trinajstić information content (AvgIpc) is 3.12. The number of esters is 1. The first-order valence-corrected chi connectivity index (χ1v) is 10.5. The number of hydrogen-bond donors (Lipinski definition) is 1. The van der Waals surface area contributed by atoms with E-state index in [9.17, 15) is 19.2 Å². The molecule has 1 aliphatic rings. The molecule has 1 atom stereocenters. The van der Waals surface area contributed by atoms with Crippen LogP contribution in [0, 0.1) is 19.8 Å². The molecule has 1 aliphatic heterocycles. The van der Waals surface area contributed by atoms with Gasteiger partial charge in [0.15, 0.2) is 6.10 Å². The second-order valence-electron chi connectivity index (χ2n) is 8.41. The Morgan fingerprint density at radius 1 is 1.09 bits per heavy atom. The quantitative estimate of drug-likeness (QED) is 0.524. The van der Waals surface area contributed by atoms with Crippen molar-refractivity contribution >= 4 is 29.4 Å². The molecular weight excluding hydrogens is 412 g/mol. The van der Waals surface area contributed by atoms with Crippen LogP contribution in [0.3, 0.4) is 0 Å². The molecule has 3 rings (SSSR count). The van der Waals surface area contributed by atoms with Crippen LogP contribution in [-0.2, 0) is 16.6 Å². The summed E-state index contributed by atoms with van der Waals surface area (Å²) in [5, 5.41) is 6.97. The van der Waals surface area contributed by atoms with E-state index in [4.69, 9.17) is 4.74 Å². The van der Waals surface area contributed by atoms with Gasteiger partial charge in [0, 0.05) is 13.6 Å². The lowest BCUT2D eigenvalue weighted by molar-refractivity contribution is -0.123. The second-order valence-corrected chi connectivity index (χ2v) is 8.41. The lowest BCUT2D eigenvalue weighted by Crippen LogP contribution is -2.31. The molecule has 0 radical (unpaired) electrons. The van der Waals surface area contributed by atoms with Crippen LogP contribution < -0.4 is 5.32 Å². The fraction of sp³-hybridized carbons (Fsp3) is 0.435. The summed E-state index contributed by atoms with van der Waals surface area (Å²) in [5.74, 6) is -1.69. The van der Waals surface area contributed by atoms with E-state index in [1.165, 1.54) is 30.0 Å². The Labute approximate surface area is 186 Å². The summed E-state index contributed by atoms with van der Waals surface area (Å²) >= 11 is 0. The molecule has 0 aliphatic carbocycles. The van der Waals surface area contributed by atoms with Gasteiger partial charge in [-0.25, -0.2) is 4.79 Å².